The Kier molecular flexibility index (Phi) is 4.74. The number of benzene rings is 1. The van der Waals surface area contributed by atoms with Gasteiger partial charge in [0, 0.05) is 12.2 Å². The van der Waals surface area contributed by atoms with Gasteiger partial charge >= 0.3 is 0 Å². The summed E-state index contributed by atoms with van der Waals surface area (Å²) >= 11 is 0. The van der Waals surface area contributed by atoms with Crippen LogP contribution < -0.4 is 5.32 Å². The van der Waals surface area contributed by atoms with Crippen LogP contribution in [0.15, 0.2) is 42.5 Å². The third-order valence-corrected chi connectivity index (χ3v) is 3.45. The van der Waals surface area contributed by atoms with Crippen molar-refractivity contribution in [3.8, 4) is 0 Å². The van der Waals surface area contributed by atoms with E-state index in [0.29, 0.717) is 6.04 Å². The van der Waals surface area contributed by atoms with Crippen molar-refractivity contribution in [1.29, 1.82) is 0 Å². The molecule has 106 valence electrons. The molecular formula is C17H23N3. The second-order valence-electron chi connectivity index (χ2n) is 5.44. The smallest absolute Gasteiger partial charge is 0.126 e. The molecule has 1 N–H and O–H groups in total. The van der Waals surface area contributed by atoms with Crippen LogP contribution in [0.1, 0.15) is 22.9 Å². The molecule has 0 aliphatic carbocycles. The van der Waals surface area contributed by atoms with Gasteiger partial charge in [-0.25, -0.2) is 4.98 Å². The van der Waals surface area contributed by atoms with Crippen LogP contribution in [0, 0.1) is 13.8 Å². The maximum atomic E-state index is 4.48. The van der Waals surface area contributed by atoms with Crippen molar-refractivity contribution in [3.63, 3.8) is 0 Å². The zero-order valence-electron chi connectivity index (χ0n) is 12.7. The van der Waals surface area contributed by atoms with E-state index in [1.807, 2.05) is 25.1 Å². The van der Waals surface area contributed by atoms with Crippen LogP contribution in [0.5, 0.6) is 0 Å². The number of aryl methyl sites for hydroxylation is 2. The molecule has 1 heterocycles. The zero-order valence-corrected chi connectivity index (χ0v) is 12.7. The molecule has 1 aromatic carbocycles. The summed E-state index contributed by atoms with van der Waals surface area (Å²) < 4.78 is 0. The van der Waals surface area contributed by atoms with Gasteiger partial charge in [-0.2, -0.15) is 0 Å². The summed E-state index contributed by atoms with van der Waals surface area (Å²) in [4.78, 5) is 6.71. The molecule has 0 fully saturated rings. The zero-order chi connectivity index (χ0) is 14.5. The molecule has 0 saturated heterocycles. The fraction of sp³-hybridized carbons (Fsp3) is 0.353. The fourth-order valence-corrected chi connectivity index (χ4v) is 2.23. The second-order valence-corrected chi connectivity index (χ2v) is 5.44. The molecule has 3 heteroatoms. The first kappa shape index (κ1) is 14.5. The van der Waals surface area contributed by atoms with Crippen molar-refractivity contribution in [2.24, 2.45) is 0 Å². The molecule has 0 aliphatic heterocycles. The third kappa shape index (κ3) is 3.81. The molecule has 1 unspecified atom stereocenters. The molecule has 3 nitrogen and oxygen atoms in total. The van der Waals surface area contributed by atoms with Crippen LogP contribution in [0.3, 0.4) is 0 Å². The number of nitrogens with zero attached hydrogens (tertiary/aromatic N) is 2. The molecule has 20 heavy (non-hydrogen) atoms. The van der Waals surface area contributed by atoms with Crippen LogP contribution >= 0.6 is 0 Å². The molecule has 0 amide bonds. The number of hydrogen-bond donors (Lipinski definition) is 1. The van der Waals surface area contributed by atoms with E-state index in [1.54, 1.807) is 0 Å². The Bertz CT molecular complexity index is 546. The highest BCUT2D eigenvalue weighted by molar-refractivity contribution is 5.36. The van der Waals surface area contributed by atoms with Gasteiger partial charge < -0.3 is 10.2 Å². The lowest BCUT2D eigenvalue weighted by Crippen LogP contribution is -2.27. The molecule has 0 saturated carbocycles. The predicted octanol–water partition coefficient (Wildman–Crippen LogP) is 3.41. The Balaban J connectivity index is 2.08. The van der Waals surface area contributed by atoms with Crippen LogP contribution in [-0.4, -0.2) is 30.5 Å². The molecule has 0 bridgehead atoms. The first-order valence-corrected chi connectivity index (χ1v) is 6.97. The van der Waals surface area contributed by atoms with Crippen molar-refractivity contribution in [2.75, 3.05) is 26.0 Å². The van der Waals surface area contributed by atoms with Crippen molar-refractivity contribution in [3.05, 3.63) is 59.3 Å². The molecular weight excluding hydrogens is 246 g/mol. The van der Waals surface area contributed by atoms with Crippen LogP contribution in [0.4, 0.5) is 5.82 Å². The fourth-order valence-electron chi connectivity index (χ4n) is 2.23. The summed E-state index contributed by atoms with van der Waals surface area (Å²) in [5.41, 5.74) is 3.65. The summed E-state index contributed by atoms with van der Waals surface area (Å²) in [5, 5.41) is 3.43. The normalized spacial score (nSPS) is 12.4. The minimum Gasteiger partial charge on any atom is -0.368 e. The number of hydrogen-bond acceptors (Lipinski definition) is 3. The predicted molar refractivity (Wildman–Crippen MR) is 85.1 cm³/mol. The Hall–Kier alpha value is -1.87. The first-order chi connectivity index (χ1) is 9.56. The molecule has 1 atom stereocenters. The molecule has 0 spiro atoms. The number of pyridine rings is 1. The van der Waals surface area contributed by atoms with E-state index in [9.17, 15) is 0 Å². The van der Waals surface area contributed by atoms with Gasteiger partial charge in [0.15, 0.2) is 0 Å². The number of likely N-dealkylation sites (N-methyl/N-ethyl adjacent to an activating group) is 1. The number of aromatic nitrogens is 1. The minimum absolute atomic E-state index is 0.331. The number of nitrogens with one attached hydrogen (secondary N) is 1. The Morgan fingerprint density at radius 1 is 1.05 bits per heavy atom. The molecule has 2 rings (SSSR count). The van der Waals surface area contributed by atoms with Crippen molar-refractivity contribution >= 4 is 5.82 Å². The lowest BCUT2D eigenvalue weighted by Gasteiger charge is -2.25. The average Bonchev–Trinajstić information content (AvgIpc) is 2.41. The van der Waals surface area contributed by atoms with Gasteiger partial charge in [-0.3, -0.25) is 0 Å². The van der Waals surface area contributed by atoms with Crippen molar-refractivity contribution in [2.45, 2.75) is 19.9 Å². The van der Waals surface area contributed by atoms with Gasteiger partial charge in [0.2, 0.25) is 0 Å². The van der Waals surface area contributed by atoms with E-state index in [4.69, 9.17) is 0 Å². The van der Waals surface area contributed by atoms with Gasteiger partial charge in [0.1, 0.15) is 5.82 Å². The largest absolute Gasteiger partial charge is 0.368 e. The standard InChI is InChI=1S/C17H23N3/c1-13-8-10-15(11-9-13)16(20(3)4)12-18-17-7-5-6-14(2)19-17/h5-11,16H,12H2,1-4H3,(H,18,19). The monoisotopic (exact) mass is 269 g/mol. The van der Waals surface area contributed by atoms with E-state index in [2.05, 4.69) is 60.5 Å². The highest BCUT2D eigenvalue weighted by atomic mass is 15.1. The van der Waals surface area contributed by atoms with Gasteiger partial charge in [-0.15, -0.1) is 0 Å². The third-order valence-electron chi connectivity index (χ3n) is 3.45. The highest BCUT2D eigenvalue weighted by Gasteiger charge is 2.13. The highest BCUT2D eigenvalue weighted by Crippen LogP contribution is 2.19. The Morgan fingerprint density at radius 2 is 1.75 bits per heavy atom. The lowest BCUT2D eigenvalue weighted by atomic mass is 10.0. The van der Waals surface area contributed by atoms with Gasteiger partial charge in [0.25, 0.3) is 0 Å². The SMILES string of the molecule is Cc1ccc(C(CNc2cccc(C)n2)N(C)C)cc1. The van der Waals surface area contributed by atoms with E-state index in [-0.39, 0.29) is 0 Å². The second kappa shape index (κ2) is 6.53. The van der Waals surface area contributed by atoms with E-state index in [1.165, 1.54) is 11.1 Å². The van der Waals surface area contributed by atoms with Crippen LogP contribution in [-0.2, 0) is 0 Å². The van der Waals surface area contributed by atoms with Gasteiger partial charge in [0.05, 0.1) is 6.04 Å². The minimum atomic E-state index is 0.331. The molecule has 0 radical (unpaired) electrons. The topological polar surface area (TPSA) is 28.2 Å². The lowest BCUT2D eigenvalue weighted by molar-refractivity contribution is 0.311. The molecule has 0 aliphatic rings. The van der Waals surface area contributed by atoms with Crippen LogP contribution in [0.25, 0.3) is 0 Å². The van der Waals surface area contributed by atoms with Gasteiger partial charge in [-0.05, 0) is 45.6 Å². The summed E-state index contributed by atoms with van der Waals surface area (Å²) in [6, 6.07) is 15.1. The van der Waals surface area contributed by atoms with E-state index in [0.717, 1.165) is 18.1 Å². The maximum absolute atomic E-state index is 4.48. The van der Waals surface area contributed by atoms with Crippen molar-refractivity contribution in [1.82, 2.24) is 9.88 Å². The summed E-state index contributed by atoms with van der Waals surface area (Å²) in [6.07, 6.45) is 0. The summed E-state index contributed by atoms with van der Waals surface area (Å²) in [6.45, 7) is 4.96. The maximum Gasteiger partial charge on any atom is 0.126 e. The summed E-state index contributed by atoms with van der Waals surface area (Å²) in [5.74, 6) is 0.934. The van der Waals surface area contributed by atoms with E-state index < -0.39 is 0 Å². The van der Waals surface area contributed by atoms with Gasteiger partial charge in [-0.1, -0.05) is 35.9 Å². The van der Waals surface area contributed by atoms with Crippen LogP contribution in [0.2, 0.25) is 0 Å². The number of anilines is 1. The van der Waals surface area contributed by atoms with Crippen molar-refractivity contribution < 1.29 is 0 Å². The first-order valence-electron chi connectivity index (χ1n) is 6.97. The Labute approximate surface area is 121 Å². The average molecular weight is 269 g/mol. The Morgan fingerprint density at radius 3 is 2.35 bits per heavy atom. The molecule has 2 aromatic rings. The quantitative estimate of drug-likeness (QED) is 0.901. The number of rotatable bonds is 5. The summed E-state index contributed by atoms with van der Waals surface area (Å²) in [7, 11) is 4.21. The molecule has 1 aromatic heterocycles. The van der Waals surface area contributed by atoms with E-state index >= 15 is 0 Å².